The predicted octanol–water partition coefficient (Wildman–Crippen LogP) is 0.941. The molecular formula is C27H29N7O6S. The highest BCUT2D eigenvalue weighted by molar-refractivity contribution is 7.90. The molecule has 1 N–H and O–H groups in total. The molecule has 13 nitrogen and oxygen atoms in total. The van der Waals surface area contributed by atoms with Crippen LogP contribution in [0.15, 0.2) is 45.5 Å². The number of aryl methyl sites for hydroxylation is 1. The van der Waals surface area contributed by atoms with E-state index < -0.39 is 21.1 Å². The molecule has 2 aliphatic rings. The number of hydrogen-bond acceptors (Lipinski definition) is 8. The first-order chi connectivity index (χ1) is 19.4. The number of ketones is 1. The lowest BCUT2D eigenvalue weighted by Gasteiger charge is -2.11. The van der Waals surface area contributed by atoms with Crippen LogP contribution in [0.25, 0.3) is 16.9 Å². The van der Waals surface area contributed by atoms with E-state index in [0.717, 1.165) is 42.1 Å². The van der Waals surface area contributed by atoms with Crippen LogP contribution in [0.3, 0.4) is 0 Å². The number of nitrogens with one attached hydrogen (secondary N) is 1. The lowest BCUT2D eigenvalue weighted by molar-refractivity contribution is -0.119. The van der Waals surface area contributed by atoms with E-state index >= 15 is 0 Å². The standard InChI is InChI=1S/C27H29N7O6S/c1-31-22-23(30-26(31)41(3,39)40)34(27(38)32(2)25(22)37)13-19-12-33(14-28-19)20-9-15(10-21(35)16-4-5-16)8-18(11-20)29-24(36)17-6-7-17/h8-9,11-12,14,16-17H,4-7,10,13H2,1-3H3,(H,29,36). The zero-order valence-corrected chi connectivity index (χ0v) is 23.6. The molecule has 41 heavy (non-hydrogen) atoms. The molecule has 0 bridgehead atoms. The number of carbonyl (C=O) groups is 2. The summed E-state index contributed by atoms with van der Waals surface area (Å²) in [5, 5.41) is 2.63. The molecule has 2 aliphatic carbocycles. The number of rotatable bonds is 9. The van der Waals surface area contributed by atoms with E-state index in [4.69, 9.17) is 0 Å². The number of benzene rings is 1. The number of fused-ring (bicyclic) bond motifs is 1. The van der Waals surface area contributed by atoms with Gasteiger partial charge in [0.2, 0.25) is 20.9 Å². The van der Waals surface area contributed by atoms with Crippen LogP contribution in [0.4, 0.5) is 5.69 Å². The number of aromatic nitrogens is 6. The fourth-order valence-electron chi connectivity index (χ4n) is 4.97. The lowest BCUT2D eigenvalue weighted by Crippen LogP contribution is -2.39. The van der Waals surface area contributed by atoms with Gasteiger partial charge < -0.3 is 14.5 Å². The topological polar surface area (TPSA) is 160 Å². The van der Waals surface area contributed by atoms with Gasteiger partial charge in [-0.05, 0) is 49.4 Å². The fraction of sp³-hybridized carbons (Fsp3) is 0.407. The Kier molecular flexibility index (Phi) is 6.32. The monoisotopic (exact) mass is 579 g/mol. The molecule has 0 radical (unpaired) electrons. The maximum atomic E-state index is 13.1. The molecule has 214 valence electrons. The summed E-state index contributed by atoms with van der Waals surface area (Å²) in [5.74, 6) is 0.251. The average molecular weight is 580 g/mol. The Bertz CT molecular complexity index is 1930. The van der Waals surface area contributed by atoms with Gasteiger partial charge in [0.25, 0.3) is 5.56 Å². The molecule has 0 saturated heterocycles. The van der Waals surface area contributed by atoms with Crippen molar-refractivity contribution in [1.29, 1.82) is 0 Å². The lowest BCUT2D eigenvalue weighted by atomic mass is 10.0. The maximum absolute atomic E-state index is 13.1. The van der Waals surface area contributed by atoms with Crippen molar-refractivity contribution in [3.05, 3.63) is 62.8 Å². The first kappa shape index (κ1) is 26.9. The first-order valence-electron chi connectivity index (χ1n) is 13.3. The Labute approximate surface area is 234 Å². The van der Waals surface area contributed by atoms with E-state index in [9.17, 15) is 27.6 Å². The van der Waals surface area contributed by atoms with E-state index in [2.05, 4.69) is 15.3 Å². The quantitative estimate of drug-likeness (QED) is 0.307. The zero-order valence-electron chi connectivity index (χ0n) is 22.8. The van der Waals surface area contributed by atoms with Crippen LogP contribution in [0, 0.1) is 11.8 Å². The van der Waals surface area contributed by atoms with Gasteiger partial charge in [-0.25, -0.2) is 18.2 Å². The van der Waals surface area contributed by atoms with Gasteiger partial charge in [-0.2, -0.15) is 4.98 Å². The molecule has 1 aromatic carbocycles. The van der Waals surface area contributed by atoms with Crippen LogP contribution >= 0.6 is 0 Å². The van der Waals surface area contributed by atoms with Gasteiger partial charge in [-0.3, -0.25) is 23.5 Å². The number of hydrogen-bond donors (Lipinski definition) is 1. The van der Waals surface area contributed by atoms with Gasteiger partial charge in [-0.1, -0.05) is 0 Å². The summed E-state index contributed by atoms with van der Waals surface area (Å²) in [7, 11) is -1.04. The molecule has 2 fully saturated rings. The summed E-state index contributed by atoms with van der Waals surface area (Å²) in [6.07, 6.45) is 8.04. The summed E-state index contributed by atoms with van der Waals surface area (Å²) in [4.78, 5) is 59.5. The molecule has 3 heterocycles. The highest BCUT2D eigenvalue weighted by Crippen LogP contribution is 2.33. The van der Waals surface area contributed by atoms with Gasteiger partial charge in [0.15, 0.2) is 11.2 Å². The van der Waals surface area contributed by atoms with Crippen molar-refractivity contribution in [1.82, 2.24) is 28.2 Å². The molecule has 3 aromatic heterocycles. The van der Waals surface area contributed by atoms with E-state index in [1.807, 2.05) is 12.1 Å². The van der Waals surface area contributed by atoms with Crippen LogP contribution < -0.4 is 16.6 Å². The van der Waals surface area contributed by atoms with Crippen LogP contribution in [0.2, 0.25) is 0 Å². The Morgan fingerprint density at radius 2 is 1.73 bits per heavy atom. The Morgan fingerprint density at radius 3 is 2.39 bits per heavy atom. The molecule has 6 rings (SSSR count). The van der Waals surface area contributed by atoms with Crippen LogP contribution in [0.1, 0.15) is 36.9 Å². The molecule has 4 aromatic rings. The number of amides is 1. The molecule has 0 unspecified atom stereocenters. The summed E-state index contributed by atoms with van der Waals surface area (Å²) in [6.45, 7) is -0.0815. The zero-order chi connectivity index (χ0) is 29.2. The average Bonchev–Trinajstić information content (AvgIpc) is 3.84. The number of imidazole rings is 2. The minimum atomic E-state index is -3.77. The largest absolute Gasteiger partial charge is 0.332 e. The second-order valence-electron chi connectivity index (χ2n) is 11.0. The van der Waals surface area contributed by atoms with E-state index in [0.29, 0.717) is 17.1 Å². The van der Waals surface area contributed by atoms with Crippen molar-refractivity contribution < 1.29 is 18.0 Å². The van der Waals surface area contributed by atoms with Gasteiger partial charge in [-0.15, -0.1) is 0 Å². The molecule has 14 heteroatoms. The molecule has 0 aliphatic heterocycles. The molecular weight excluding hydrogens is 550 g/mol. The number of sulfone groups is 1. The normalized spacial score (nSPS) is 15.4. The van der Waals surface area contributed by atoms with Crippen LogP contribution in [-0.2, 0) is 46.5 Å². The number of carbonyl (C=O) groups excluding carboxylic acids is 2. The van der Waals surface area contributed by atoms with Crippen molar-refractivity contribution in [2.45, 2.75) is 43.8 Å². The smallest absolute Gasteiger partial charge is 0.326 e. The van der Waals surface area contributed by atoms with E-state index in [-0.39, 0.29) is 52.8 Å². The summed E-state index contributed by atoms with van der Waals surface area (Å²) in [6, 6.07) is 5.49. The Morgan fingerprint density at radius 1 is 1.02 bits per heavy atom. The van der Waals surface area contributed by atoms with E-state index in [1.54, 1.807) is 23.2 Å². The minimum absolute atomic E-state index is 0.0156. The Hall–Kier alpha value is -4.33. The van der Waals surface area contributed by atoms with Crippen molar-refractivity contribution in [2.75, 3.05) is 11.6 Å². The fourth-order valence-corrected chi connectivity index (χ4v) is 5.81. The minimum Gasteiger partial charge on any atom is -0.326 e. The third kappa shape index (κ3) is 5.14. The molecule has 0 atom stereocenters. The van der Waals surface area contributed by atoms with Crippen molar-refractivity contribution in [3.8, 4) is 5.69 Å². The van der Waals surface area contributed by atoms with Crippen LogP contribution in [0.5, 0.6) is 0 Å². The van der Waals surface area contributed by atoms with Gasteiger partial charge in [0, 0.05) is 56.2 Å². The van der Waals surface area contributed by atoms with Crippen molar-refractivity contribution in [3.63, 3.8) is 0 Å². The highest BCUT2D eigenvalue weighted by atomic mass is 32.2. The third-order valence-electron chi connectivity index (χ3n) is 7.51. The summed E-state index contributed by atoms with van der Waals surface area (Å²) >= 11 is 0. The Balaban J connectivity index is 1.37. The first-order valence-corrected chi connectivity index (χ1v) is 15.2. The number of Topliss-reactive ketones (excluding diaryl/α,β-unsaturated/α-hetero) is 1. The van der Waals surface area contributed by atoms with Crippen molar-refractivity contribution >= 4 is 38.4 Å². The second-order valence-corrected chi connectivity index (χ2v) is 12.9. The van der Waals surface area contributed by atoms with Gasteiger partial charge >= 0.3 is 5.69 Å². The molecule has 2 saturated carbocycles. The SMILES string of the molecule is Cn1c(=O)c2c(nc(S(C)(=O)=O)n2C)n(Cc2cn(-c3cc(CC(=O)C4CC4)cc(NC(=O)C4CC4)c3)cn2)c1=O. The predicted molar refractivity (Wildman–Crippen MR) is 149 cm³/mol. The third-order valence-corrected chi connectivity index (χ3v) is 8.54. The highest BCUT2D eigenvalue weighted by Gasteiger charge is 2.31. The summed E-state index contributed by atoms with van der Waals surface area (Å²) in [5.41, 5.74) is 1.09. The van der Waals surface area contributed by atoms with Crippen molar-refractivity contribution in [2.24, 2.45) is 25.9 Å². The second kappa shape index (κ2) is 9.65. The number of nitrogens with zero attached hydrogens (tertiary/aromatic N) is 6. The van der Waals surface area contributed by atoms with Gasteiger partial charge in [0.05, 0.1) is 18.6 Å². The summed E-state index contributed by atoms with van der Waals surface area (Å²) < 4.78 is 29.5. The van der Waals surface area contributed by atoms with Crippen LogP contribution in [-0.4, -0.2) is 54.6 Å². The van der Waals surface area contributed by atoms with Gasteiger partial charge in [0.1, 0.15) is 5.78 Å². The number of anilines is 1. The van der Waals surface area contributed by atoms with E-state index in [1.165, 1.54) is 23.2 Å². The molecule has 0 spiro atoms. The molecule has 1 amide bonds. The maximum Gasteiger partial charge on any atom is 0.332 e.